The van der Waals surface area contributed by atoms with Gasteiger partial charge in [-0.1, -0.05) is 18.7 Å². The fourth-order valence-corrected chi connectivity index (χ4v) is 3.20. The Labute approximate surface area is 118 Å². The molecule has 102 valence electrons. The molecule has 19 heavy (non-hydrogen) atoms. The Morgan fingerprint density at radius 1 is 1.26 bits per heavy atom. The van der Waals surface area contributed by atoms with Gasteiger partial charge >= 0.3 is 0 Å². The van der Waals surface area contributed by atoms with Gasteiger partial charge in [0.15, 0.2) is 5.16 Å². The Hall–Kier alpha value is -1.22. The van der Waals surface area contributed by atoms with Crippen LogP contribution >= 0.6 is 11.8 Å². The lowest BCUT2D eigenvalue weighted by Crippen LogP contribution is -2.34. The van der Waals surface area contributed by atoms with Gasteiger partial charge in [-0.05, 0) is 31.6 Å². The minimum atomic E-state index is 0.446. The third-order valence-corrected chi connectivity index (χ3v) is 4.70. The van der Waals surface area contributed by atoms with E-state index in [1.165, 1.54) is 37.4 Å². The number of hydrogen-bond acceptors (Lipinski definition) is 5. The zero-order valence-corrected chi connectivity index (χ0v) is 12.1. The van der Waals surface area contributed by atoms with Crippen molar-refractivity contribution in [2.45, 2.75) is 43.8 Å². The summed E-state index contributed by atoms with van der Waals surface area (Å²) >= 11 is 1.50. The molecule has 2 heterocycles. The molecule has 0 unspecified atom stereocenters. The van der Waals surface area contributed by atoms with Crippen molar-refractivity contribution >= 4 is 17.7 Å². The lowest BCUT2D eigenvalue weighted by molar-refractivity contribution is 0.429. The van der Waals surface area contributed by atoms with Crippen LogP contribution in [0.4, 0.5) is 5.95 Å². The Balaban J connectivity index is 1.80. The van der Waals surface area contributed by atoms with Gasteiger partial charge < -0.3 is 4.90 Å². The zero-order chi connectivity index (χ0) is 13.2. The number of nitrogens with zero attached hydrogens (tertiary/aromatic N) is 5. The van der Waals surface area contributed by atoms with E-state index in [1.54, 1.807) is 0 Å². The maximum Gasteiger partial charge on any atom is 0.228 e. The normalized spacial score (nSPS) is 20.5. The Bertz CT molecular complexity index is 480. The van der Waals surface area contributed by atoms with Gasteiger partial charge in [-0.25, -0.2) is 0 Å². The van der Waals surface area contributed by atoms with E-state index >= 15 is 0 Å². The number of rotatable bonds is 4. The lowest BCUT2D eigenvalue weighted by atomic mass is 10.00. The smallest absolute Gasteiger partial charge is 0.228 e. The summed E-state index contributed by atoms with van der Waals surface area (Å²) < 4.78 is 2.26. The zero-order valence-electron chi connectivity index (χ0n) is 11.2. The van der Waals surface area contributed by atoms with Gasteiger partial charge in [0, 0.05) is 19.1 Å². The van der Waals surface area contributed by atoms with Crippen LogP contribution in [0, 0.1) is 17.2 Å². The molecule has 5 nitrogen and oxygen atoms in total. The third-order valence-electron chi connectivity index (χ3n) is 3.89. The van der Waals surface area contributed by atoms with Crippen LogP contribution in [0.3, 0.4) is 0 Å². The predicted molar refractivity (Wildman–Crippen MR) is 75.2 cm³/mol. The molecule has 0 bridgehead atoms. The van der Waals surface area contributed by atoms with E-state index in [0.717, 1.165) is 30.1 Å². The minimum Gasteiger partial charge on any atom is -0.341 e. The molecule has 0 atom stereocenters. The molecule has 0 N–H and O–H groups in total. The molecule has 2 fully saturated rings. The summed E-state index contributed by atoms with van der Waals surface area (Å²) in [5.74, 6) is 2.29. The van der Waals surface area contributed by atoms with Gasteiger partial charge in [0.05, 0.1) is 11.8 Å². The molecule has 1 aromatic rings. The summed E-state index contributed by atoms with van der Waals surface area (Å²) in [6, 6.07) is 2.73. The van der Waals surface area contributed by atoms with Crippen molar-refractivity contribution in [3.05, 3.63) is 0 Å². The van der Waals surface area contributed by atoms with Crippen LogP contribution in [0.5, 0.6) is 0 Å². The molecule has 1 aliphatic carbocycles. The van der Waals surface area contributed by atoms with E-state index in [1.807, 2.05) is 0 Å². The van der Waals surface area contributed by atoms with Crippen molar-refractivity contribution in [1.29, 1.82) is 5.26 Å². The standard InChI is InChI=1S/C13H19N5S/c1-10-4-7-17(8-5-10)12-15-16-13(19-9-6-14)18(12)11-2-3-11/h10-11H,2-5,7-9H2,1H3. The van der Waals surface area contributed by atoms with Crippen molar-refractivity contribution in [3.63, 3.8) is 0 Å². The van der Waals surface area contributed by atoms with Crippen molar-refractivity contribution in [1.82, 2.24) is 14.8 Å². The fourth-order valence-electron chi connectivity index (χ4n) is 2.54. The summed E-state index contributed by atoms with van der Waals surface area (Å²) in [5, 5.41) is 18.3. The van der Waals surface area contributed by atoms with Gasteiger partial charge in [-0.15, -0.1) is 10.2 Å². The van der Waals surface area contributed by atoms with Gasteiger partial charge in [-0.3, -0.25) is 4.57 Å². The lowest BCUT2D eigenvalue weighted by Gasteiger charge is -2.31. The van der Waals surface area contributed by atoms with Crippen molar-refractivity contribution in [3.8, 4) is 6.07 Å². The molecule has 0 amide bonds. The molecule has 6 heteroatoms. The van der Waals surface area contributed by atoms with Crippen LogP contribution in [-0.4, -0.2) is 33.6 Å². The fraction of sp³-hybridized carbons (Fsp3) is 0.769. The van der Waals surface area contributed by atoms with Crippen LogP contribution in [-0.2, 0) is 0 Å². The second-order valence-corrected chi connectivity index (χ2v) is 6.44. The van der Waals surface area contributed by atoms with Crippen molar-refractivity contribution in [2.75, 3.05) is 23.7 Å². The monoisotopic (exact) mass is 277 g/mol. The first-order chi connectivity index (χ1) is 9.29. The molecule has 2 aliphatic rings. The SMILES string of the molecule is CC1CCN(c2nnc(SCC#N)n2C2CC2)CC1. The average molecular weight is 277 g/mol. The van der Waals surface area contributed by atoms with Gasteiger partial charge in [0.1, 0.15) is 0 Å². The largest absolute Gasteiger partial charge is 0.341 e. The molecular formula is C13H19N5S. The predicted octanol–water partition coefficient (Wildman–Crippen LogP) is 2.46. The first-order valence-electron chi connectivity index (χ1n) is 6.99. The highest BCUT2D eigenvalue weighted by Gasteiger charge is 2.32. The van der Waals surface area contributed by atoms with E-state index in [-0.39, 0.29) is 0 Å². The Morgan fingerprint density at radius 2 is 2.00 bits per heavy atom. The number of anilines is 1. The Morgan fingerprint density at radius 3 is 2.63 bits per heavy atom. The van der Waals surface area contributed by atoms with E-state index in [4.69, 9.17) is 5.26 Å². The van der Waals surface area contributed by atoms with E-state index in [2.05, 4.69) is 32.7 Å². The topological polar surface area (TPSA) is 57.7 Å². The molecular weight excluding hydrogens is 258 g/mol. The van der Waals surface area contributed by atoms with Crippen LogP contribution in [0.2, 0.25) is 0 Å². The number of hydrogen-bond donors (Lipinski definition) is 0. The quantitative estimate of drug-likeness (QED) is 0.791. The van der Waals surface area contributed by atoms with Gasteiger partial charge in [-0.2, -0.15) is 5.26 Å². The summed E-state index contributed by atoms with van der Waals surface area (Å²) in [7, 11) is 0. The summed E-state index contributed by atoms with van der Waals surface area (Å²) in [6.45, 7) is 4.47. The molecule has 0 radical (unpaired) electrons. The maximum atomic E-state index is 8.72. The van der Waals surface area contributed by atoms with Crippen LogP contribution in [0.25, 0.3) is 0 Å². The first kappa shape index (κ1) is 12.8. The van der Waals surface area contributed by atoms with Gasteiger partial charge in [0.25, 0.3) is 0 Å². The molecule has 1 saturated heterocycles. The number of nitriles is 1. The molecule has 1 saturated carbocycles. The number of thioether (sulfide) groups is 1. The Kier molecular flexibility index (Phi) is 3.65. The van der Waals surface area contributed by atoms with Crippen LogP contribution in [0.1, 0.15) is 38.6 Å². The van der Waals surface area contributed by atoms with Crippen molar-refractivity contribution in [2.24, 2.45) is 5.92 Å². The second-order valence-electron chi connectivity index (χ2n) is 5.50. The maximum absolute atomic E-state index is 8.72. The summed E-state index contributed by atoms with van der Waals surface area (Å²) in [5.41, 5.74) is 0. The average Bonchev–Trinajstić information content (AvgIpc) is 3.18. The van der Waals surface area contributed by atoms with Gasteiger partial charge in [0.2, 0.25) is 5.95 Å². The number of piperidine rings is 1. The summed E-state index contributed by atoms with van der Waals surface area (Å²) in [6.07, 6.45) is 4.90. The summed E-state index contributed by atoms with van der Waals surface area (Å²) in [4.78, 5) is 2.36. The van der Waals surface area contributed by atoms with E-state index < -0.39 is 0 Å². The second kappa shape index (κ2) is 5.41. The van der Waals surface area contributed by atoms with Crippen molar-refractivity contribution < 1.29 is 0 Å². The van der Waals surface area contributed by atoms with Crippen LogP contribution < -0.4 is 4.90 Å². The molecule has 1 aliphatic heterocycles. The van der Waals surface area contributed by atoms with E-state index in [9.17, 15) is 0 Å². The highest BCUT2D eigenvalue weighted by Crippen LogP contribution is 2.41. The highest BCUT2D eigenvalue weighted by atomic mass is 32.2. The minimum absolute atomic E-state index is 0.446. The molecule has 0 aromatic carbocycles. The van der Waals surface area contributed by atoms with Crippen LogP contribution in [0.15, 0.2) is 5.16 Å². The highest BCUT2D eigenvalue weighted by molar-refractivity contribution is 7.99. The van der Waals surface area contributed by atoms with E-state index in [0.29, 0.717) is 11.8 Å². The molecule has 3 rings (SSSR count). The number of aromatic nitrogens is 3. The molecule has 0 spiro atoms. The molecule has 1 aromatic heterocycles. The third kappa shape index (κ3) is 2.71. The first-order valence-corrected chi connectivity index (χ1v) is 7.97.